The minimum Gasteiger partial charge on any atom is -0.456 e. The summed E-state index contributed by atoms with van der Waals surface area (Å²) in [5.41, 5.74) is 2.28. The molecule has 0 unspecified atom stereocenters. The van der Waals surface area contributed by atoms with Gasteiger partial charge in [0.25, 0.3) is 0 Å². The number of hydrogen-bond donors (Lipinski definition) is 0. The Labute approximate surface area is 177 Å². The maximum atomic E-state index is 13.1. The number of ketones is 1. The van der Waals surface area contributed by atoms with Gasteiger partial charge in [0.1, 0.15) is 6.04 Å². The van der Waals surface area contributed by atoms with Gasteiger partial charge in [0, 0.05) is 5.56 Å². The lowest BCUT2D eigenvalue weighted by Gasteiger charge is -2.28. The lowest BCUT2D eigenvalue weighted by Crippen LogP contribution is -2.50. The number of likely N-dealkylation sites (tertiary alicyclic amines) is 1. The molecule has 0 aromatic heterocycles. The number of imide groups is 1. The number of nitrogens with zero attached hydrogens (tertiary/aromatic N) is 1. The Balaban J connectivity index is 1.49. The Bertz CT molecular complexity index is 892. The molecule has 1 saturated heterocycles. The number of carbonyl (C=O) groups excluding carboxylic acids is 4. The average Bonchev–Trinajstić information content (AvgIpc) is 3.37. The van der Waals surface area contributed by atoms with Gasteiger partial charge >= 0.3 is 5.97 Å². The summed E-state index contributed by atoms with van der Waals surface area (Å²) >= 11 is 0. The maximum Gasteiger partial charge on any atom is 0.330 e. The van der Waals surface area contributed by atoms with Crippen LogP contribution in [0.3, 0.4) is 0 Å². The second-order valence-corrected chi connectivity index (χ2v) is 9.47. The number of amides is 2. The van der Waals surface area contributed by atoms with E-state index in [2.05, 4.69) is 0 Å². The highest BCUT2D eigenvalue weighted by Gasteiger charge is 2.62. The number of carbonyl (C=O) groups is 4. The summed E-state index contributed by atoms with van der Waals surface area (Å²) in [4.78, 5) is 52.9. The molecule has 3 aliphatic rings. The third-order valence-electron chi connectivity index (χ3n) is 7.15. The monoisotopic (exact) mass is 411 g/mol. The molecular formula is C24H29NO5. The molecule has 1 heterocycles. The predicted octanol–water partition coefficient (Wildman–Crippen LogP) is 3.09. The first-order chi connectivity index (χ1) is 14.2. The third kappa shape index (κ3) is 3.26. The molecule has 160 valence electrons. The smallest absolute Gasteiger partial charge is 0.330 e. The quantitative estimate of drug-likeness (QED) is 0.408. The molecule has 1 aromatic carbocycles. The number of aryl methyl sites for hydroxylation is 2. The molecule has 1 aromatic rings. The zero-order valence-electron chi connectivity index (χ0n) is 18.0. The molecule has 6 heteroatoms. The van der Waals surface area contributed by atoms with E-state index in [0.717, 1.165) is 35.3 Å². The summed E-state index contributed by atoms with van der Waals surface area (Å²) in [7, 11) is 0. The Kier molecular flexibility index (Phi) is 5.28. The molecule has 2 bridgehead atoms. The van der Waals surface area contributed by atoms with Crippen molar-refractivity contribution in [2.75, 3.05) is 6.61 Å². The van der Waals surface area contributed by atoms with Gasteiger partial charge in [-0.2, -0.15) is 0 Å². The van der Waals surface area contributed by atoms with Crippen molar-refractivity contribution in [2.45, 2.75) is 53.0 Å². The van der Waals surface area contributed by atoms with Crippen LogP contribution in [0.25, 0.3) is 0 Å². The van der Waals surface area contributed by atoms with Gasteiger partial charge in [-0.05, 0) is 62.5 Å². The first kappa shape index (κ1) is 20.8. The van der Waals surface area contributed by atoms with E-state index in [1.165, 1.54) is 0 Å². The summed E-state index contributed by atoms with van der Waals surface area (Å²) < 4.78 is 5.34. The number of fused-ring (bicyclic) bond motifs is 5. The first-order valence-corrected chi connectivity index (χ1v) is 10.8. The van der Waals surface area contributed by atoms with Crippen molar-refractivity contribution in [3.05, 3.63) is 34.9 Å². The van der Waals surface area contributed by atoms with E-state index in [1.807, 2.05) is 26.0 Å². The lowest BCUT2D eigenvalue weighted by molar-refractivity contribution is -0.160. The van der Waals surface area contributed by atoms with E-state index >= 15 is 0 Å². The van der Waals surface area contributed by atoms with E-state index in [-0.39, 0.29) is 47.2 Å². The average molecular weight is 411 g/mol. The highest BCUT2D eigenvalue weighted by molar-refractivity contribution is 6.09. The molecule has 0 spiro atoms. The summed E-state index contributed by atoms with van der Waals surface area (Å²) in [6, 6.07) is 4.56. The summed E-state index contributed by atoms with van der Waals surface area (Å²) in [5.74, 6) is -1.75. The van der Waals surface area contributed by atoms with Gasteiger partial charge < -0.3 is 4.74 Å². The third-order valence-corrected chi connectivity index (χ3v) is 7.15. The number of esters is 1. The van der Waals surface area contributed by atoms with Crippen LogP contribution in [0, 0.1) is 43.4 Å². The van der Waals surface area contributed by atoms with Crippen LogP contribution in [0.2, 0.25) is 0 Å². The molecule has 3 fully saturated rings. The van der Waals surface area contributed by atoms with Gasteiger partial charge in [0.2, 0.25) is 17.6 Å². The number of rotatable bonds is 6. The molecule has 6 nitrogen and oxygen atoms in total. The SMILES string of the molecule is Cc1ccc(C)c(C(=O)COC(=O)[C@H](C(C)C)N2C(=O)[C@@H]3[C@H]4CC[C@@H](C4)[C@@H]3C2=O)c1. The van der Waals surface area contributed by atoms with E-state index < -0.39 is 18.6 Å². The Morgan fingerprint density at radius 1 is 1.07 bits per heavy atom. The van der Waals surface area contributed by atoms with Gasteiger partial charge in [-0.1, -0.05) is 31.5 Å². The summed E-state index contributed by atoms with van der Waals surface area (Å²) in [6.45, 7) is 6.91. The number of benzene rings is 1. The van der Waals surface area contributed by atoms with Crippen molar-refractivity contribution in [1.29, 1.82) is 0 Å². The first-order valence-electron chi connectivity index (χ1n) is 10.8. The Morgan fingerprint density at radius 2 is 1.67 bits per heavy atom. The fourth-order valence-electron chi connectivity index (χ4n) is 5.72. The number of Topliss-reactive ketones (excluding diaryl/α,β-unsaturated/α-hetero) is 1. The fraction of sp³-hybridized carbons (Fsp3) is 0.583. The summed E-state index contributed by atoms with van der Waals surface area (Å²) in [6.07, 6.45) is 2.92. The minimum absolute atomic E-state index is 0.228. The zero-order valence-corrected chi connectivity index (χ0v) is 18.0. The molecule has 1 aliphatic heterocycles. The molecule has 0 radical (unpaired) electrons. The molecule has 2 aliphatic carbocycles. The predicted molar refractivity (Wildman–Crippen MR) is 109 cm³/mol. The molecule has 2 saturated carbocycles. The fourth-order valence-corrected chi connectivity index (χ4v) is 5.72. The van der Waals surface area contributed by atoms with Gasteiger partial charge in [-0.15, -0.1) is 0 Å². The van der Waals surface area contributed by atoms with Crippen molar-refractivity contribution in [1.82, 2.24) is 4.90 Å². The van der Waals surface area contributed by atoms with E-state index in [4.69, 9.17) is 4.74 Å². The van der Waals surface area contributed by atoms with Crippen molar-refractivity contribution in [3.63, 3.8) is 0 Å². The van der Waals surface area contributed by atoms with Gasteiger partial charge in [-0.25, -0.2) is 4.79 Å². The van der Waals surface area contributed by atoms with E-state index in [1.54, 1.807) is 19.9 Å². The minimum atomic E-state index is -0.985. The van der Waals surface area contributed by atoms with Crippen LogP contribution in [0.5, 0.6) is 0 Å². The van der Waals surface area contributed by atoms with Crippen molar-refractivity contribution in [3.8, 4) is 0 Å². The molecule has 30 heavy (non-hydrogen) atoms. The van der Waals surface area contributed by atoms with Crippen LogP contribution < -0.4 is 0 Å². The van der Waals surface area contributed by atoms with Gasteiger partial charge in [-0.3, -0.25) is 19.3 Å². The number of hydrogen-bond acceptors (Lipinski definition) is 5. The van der Waals surface area contributed by atoms with Crippen LogP contribution in [0.15, 0.2) is 18.2 Å². The molecule has 5 atom stereocenters. The van der Waals surface area contributed by atoms with Crippen LogP contribution in [0.1, 0.15) is 54.6 Å². The Morgan fingerprint density at radius 3 is 2.23 bits per heavy atom. The van der Waals surface area contributed by atoms with E-state index in [9.17, 15) is 19.2 Å². The van der Waals surface area contributed by atoms with Gasteiger partial charge in [0.15, 0.2) is 6.61 Å². The van der Waals surface area contributed by atoms with Crippen LogP contribution in [-0.4, -0.2) is 41.1 Å². The largest absolute Gasteiger partial charge is 0.456 e. The van der Waals surface area contributed by atoms with Crippen molar-refractivity contribution >= 4 is 23.6 Å². The van der Waals surface area contributed by atoms with E-state index in [0.29, 0.717) is 5.56 Å². The molecule has 4 rings (SSSR count). The zero-order chi connectivity index (χ0) is 21.7. The maximum absolute atomic E-state index is 13.1. The lowest BCUT2D eigenvalue weighted by atomic mass is 9.81. The highest BCUT2D eigenvalue weighted by Crippen LogP contribution is 2.56. The molecule has 0 N–H and O–H groups in total. The van der Waals surface area contributed by atoms with Crippen LogP contribution in [-0.2, 0) is 19.1 Å². The molecular weight excluding hydrogens is 382 g/mol. The molecule has 2 amide bonds. The van der Waals surface area contributed by atoms with Gasteiger partial charge in [0.05, 0.1) is 11.8 Å². The summed E-state index contributed by atoms with van der Waals surface area (Å²) in [5, 5.41) is 0. The van der Waals surface area contributed by atoms with Crippen molar-refractivity contribution < 1.29 is 23.9 Å². The van der Waals surface area contributed by atoms with Crippen LogP contribution >= 0.6 is 0 Å². The normalized spacial score (nSPS) is 28.2. The number of ether oxygens (including phenoxy) is 1. The van der Waals surface area contributed by atoms with Crippen molar-refractivity contribution in [2.24, 2.45) is 29.6 Å². The standard InChI is InChI=1S/C24H29NO5/c1-12(2)21(24(29)30-11-18(26)17-9-13(3)5-6-14(17)4)25-22(27)19-15-7-8-16(10-15)20(19)23(25)28/h5-6,9,12,15-16,19-21H,7-8,10-11H2,1-4H3/t15-,16-,19-,20+,21-/m0/s1. The van der Waals surface area contributed by atoms with Crippen LogP contribution in [0.4, 0.5) is 0 Å². The Hall–Kier alpha value is -2.50. The highest BCUT2D eigenvalue weighted by atomic mass is 16.5. The second kappa shape index (κ2) is 7.64. The topological polar surface area (TPSA) is 80.8 Å². The second-order valence-electron chi connectivity index (χ2n) is 9.47.